The molecule has 0 aliphatic carbocycles. The van der Waals surface area contributed by atoms with Crippen LogP contribution in [0.5, 0.6) is 0 Å². The molecule has 0 aliphatic rings. The quantitative estimate of drug-likeness (QED) is 0.0430. The number of carbonyl (C=O) groups excluding carboxylic acids is 6. The first-order valence-corrected chi connectivity index (χ1v) is 21.4. The highest BCUT2D eigenvalue weighted by atomic mass is 35.5. The Labute approximate surface area is 397 Å². The number of nitrogens with one attached hydrogen (secondary N) is 4. The molecule has 0 saturated carbocycles. The fourth-order valence-electron chi connectivity index (χ4n) is 5.86. The first-order chi connectivity index (χ1) is 30.4. The van der Waals surface area contributed by atoms with E-state index in [1.165, 1.54) is 48.5 Å². The van der Waals surface area contributed by atoms with Crippen molar-refractivity contribution in [2.24, 2.45) is 20.5 Å². The number of halogens is 6. The van der Waals surface area contributed by atoms with Crippen LogP contribution < -0.4 is 21.3 Å². The van der Waals surface area contributed by atoms with E-state index < -0.39 is 58.0 Å². The summed E-state index contributed by atoms with van der Waals surface area (Å²) in [5.41, 5.74) is 2.29. The van der Waals surface area contributed by atoms with Crippen molar-refractivity contribution in [2.75, 3.05) is 21.3 Å². The van der Waals surface area contributed by atoms with Gasteiger partial charge in [-0.15, -0.1) is 23.2 Å². The van der Waals surface area contributed by atoms with E-state index in [9.17, 15) is 28.8 Å². The Balaban J connectivity index is 1.27. The molecule has 4 unspecified atom stereocenters. The minimum Gasteiger partial charge on any atom is -0.322 e. The van der Waals surface area contributed by atoms with Crippen LogP contribution in [0.25, 0.3) is 0 Å². The van der Waals surface area contributed by atoms with Crippen molar-refractivity contribution in [3.63, 3.8) is 0 Å². The van der Waals surface area contributed by atoms with Crippen LogP contribution in [0.1, 0.15) is 70.3 Å². The van der Waals surface area contributed by atoms with Gasteiger partial charge in [0.25, 0.3) is 23.6 Å². The average molecular weight is 986 g/mol. The molecular weight excluding hydrogens is 949 g/mol. The van der Waals surface area contributed by atoms with Crippen LogP contribution in [0.4, 0.5) is 34.1 Å². The Morgan fingerprint density at radius 1 is 0.453 bits per heavy atom. The van der Waals surface area contributed by atoms with Crippen LogP contribution in [0, 0.1) is 0 Å². The second-order valence-corrected chi connectivity index (χ2v) is 16.6. The Kier molecular flexibility index (Phi) is 17.1. The molecule has 64 heavy (non-hydrogen) atoms. The predicted octanol–water partition coefficient (Wildman–Crippen LogP) is 12.8. The average Bonchev–Trinajstić information content (AvgIpc) is 3.24. The summed E-state index contributed by atoms with van der Waals surface area (Å²) in [6, 6.07) is 22.0. The van der Waals surface area contributed by atoms with E-state index in [1.54, 1.807) is 62.4 Å². The van der Waals surface area contributed by atoms with E-state index in [0.717, 1.165) is 13.8 Å². The summed E-state index contributed by atoms with van der Waals surface area (Å²) in [6.07, 6.45) is 0. The Hall–Kier alpha value is -5.74. The molecule has 5 aromatic carbocycles. The standard InChI is InChI=1S/C44H36Cl6N8O6/c1-21(45)25-11-5-7-15-29(25)51-41(61)27-13-9-17-33(35(27)47)55-57-39(23(3)59)43(63)53-31-19-20-32(38(50)37(31)49)54-44(64)40(24(4)60)58-56-34-18-10-14-28(36(34)48)42(62)52-30-16-8-6-12-26(30)22(2)46/h5-22,39-40H,1-4H3,(H,51,61)(H,52,62)(H,53,63)(H,54,64). The topological polar surface area (TPSA) is 200 Å². The number of anilines is 4. The van der Waals surface area contributed by atoms with Gasteiger partial charge in [0.15, 0.2) is 11.6 Å². The normalized spacial score (nSPS) is 13.2. The van der Waals surface area contributed by atoms with E-state index in [1.807, 2.05) is 0 Å². The maximum Gasteiger partial charge on any atom is 0.258 e. The van der Waals surface area contributed by atoms with Gasteiger partial charge in [0.1, 0.15) is 11.4 Å². The largest absolute Gasteiger partial charge is 0.322 e. The van der Waals surface area contributed by atoms with Crippen LogP contribution in [0.3, 0.4) is 0 Å². The van der Waals surface area contributed by atoms with Crippen LogP contribution in [-0.2, 0) is 19.2 Å². The van der Waals surface area contributed by atoms with Gasteiger partial charge in [-0.25, -0.2) is 0 Å². The summed E-state index contributed by atoms with van der Waals surface area (Å²) < 4.78 is 0. The minimum absolute atomic E-state index is 0.00370. The lowest BCUT2D eigenvalue weighted by Crippen LogP contribution is -2.32. The second-order valence-electron chi connectivity index (χ2n) is 13.8. The second kappa shape index (κ2) is 22.2. The number of ketones is 2. The van der Waals surface area contributed by atoms with E-state index in [2.05, 4.69) is 41.7 Å². The molecule has 330 valence electrons. The van der Waals surface area contributed by atoms with E-state index >= 15 is 0 Å². The zero-order valence-corrected chi connectivity index (χ0v) is 38.6. The molecule has 5 rings (SSSR count). The molecular formula is C44H36Cl6N8O6. The van der Waals surface area contributed by atoms with Gasteiger partial charge in [-0.1, -0.05) is 94.9 Å². The number of alkyl halides is 2. The molecule has 0 aliphatic heterocycles. The number of hydrogen-bond donors (Lipinski definition) is 4. The maximum atomic E-state index is 13.3. The van der Waals surface area contributed by atoms with Gasteiger partial charge in [-0.2, -0.15) is 20.5 Å². The fraction of sp³-hybridized carbons (Fsp3) is 0.182. The van der Waals surface area contributed by atoms with Gasteiger partial charge >= 0.3 is 0 Å². The molecule has 0 saturated heterocycles. The van der Waals surface area contributed by atoms with Gasteiger partial charge in [0.2, 0.25) is 12.1 Å². The smallest absolute Gasteiger partial charge is 0.258 e. The van der Waals surface area contributed by atoms with Crippen LogP contribution in [-0.4, -0.2) is 47.3 Å². The number of amides is 4. The molecule has 4 amide bonds. The first-order valence-electron chi connectivity index (χ1n) is 19.0. The first kappa shape index (κ1) is 49.3. The number of para-hydroxylation sites is 2. The molecule has 4 N–H and O–H groups in total. The van der Waals surface area contributed by atoms with Crippen LogP contribution in [0.2, 0.25) is 20.1 Å². The molecule has 0 aromatic heterocycles. The highest BCUT2D eigenvalue weighted by Gasteiger charge is 2.28. The molecule has 0 radical (unpaired) electrons. The van der Waals surface area contributed by atoms with Crippen LogP contribution in [0.15, 0.2) is 118 Å². The third kappa shape index (κ3) is 12.1. The third-order valence-electron chi connectivity index (χ3n) is 9.15. The van der Waals surface area contributed by atoms with Gasteiger partial charge in [0.05, 0.1) is 53.3 Å². The van der Waals surface area contributed by atoms with Gasteiger partial charge < -0.3 is 21.3 Å². The number of nitrogens with zero attached hydrogens (tertiary/aromatic N) is 4. The molecule has 0 bridgehead atoms. The number of benzene rings is 5. The lowest BCUT2D eigenvalue weighted by Gasteiger charge is -2.15. The summed E-state index contributed by atoms with van der Waals surface area (Å²) in [7, 11) is 0. The lowest BCUT2D eigenvalue weighted by atomic mass is 10.1. The van der Waals surface area contributed by atoms with Gasteiger partial charge in [-0.05, 0) is 87.4 Å². The van der Waals surface area contributed by atoms with Crippen molar-refractivity contribution in [1.29, 1.82) is 0 Å². The maximum absolute atomic E-state index is 13.3. The van der Waals surface area contributed by atoms with Crippen molar-refractivity contribution in [1.82, 2.24) is 0 Å². The van der Waals surface area contributed by atoms with Gasteiger partial charge in [0, 0.05) is 11.4 Å². The van der Waals surface area contributed by atoms with Crippen molar-refractivity contribution >= 4 is 139 Å². The zero-order chi connectivity index (χ0) is 46.8. The van der Waals surface area contributed by atoms with Crippen molar-refractivity contribution in [3.05, 3.63) is 139 Å². The molecule has 4 atom stereocenters. The Bertz CT molecular complexity index is 2530. The Morgan fingerprint density at radius 3 is 1.16 bits per heavy atom. The van der Waals surface area contributed by atoms with Crippen molar-refractivity contribution in [3.8, 4) is 0 Å². The summed E-state index contributed by atoms with van der Waals surface area (Å²) in [5, 5.41) is 24.9. The van der Waals surface area contributed by atoms with E-state index in [4.69, 9.17) is 69.6 Å². The number of rotatable bonds is 16. The summed E-state index contributed by atoms with van der Waals surface area (Å²) in [6.45, 7) is 5.76. The minimum atomic E-state index is -1.69. The molecule has 0 fully saturated rings. The number of azo groups is 2. The van der Waals surface area contributed by atoms with Crippen molar-refractivity contribution < 1.29 is 28.8 Å². The highest BCUT2D eigenvalue weighted by Crippen LogP contribution is 2.38. The molecule has 5 aromatic rings. The third-order valence-corrected chi connectivity index (χ3v) is 11.3. The summed E-state index contributed by atoms with van der Waals surface area (Å²) in [4.78, 5) is 78.3. The molecule has 20 heteroatoms. The van der Waals surface area contributed by atoms with Crippen LogP contribution >= 0.6 is 69.6 Å². The number of carbonyl (C=O) groups is 6. The summed E-state index contributed by atoms with van der Waals surface area (Å²) in [5.74, 6) is -4.42. The predicted molar refractivity (Wildman–Crippen MR) is 252 cm³/mol. The zero-order valence-electron chi connectivity index (χ0n) is 34.1. The lowest BCUT2D eigenvalue weighted by molar-refractivity contribution is -0.127. The van der Waals surface area contributed by atoms with Gasteiger partial charge in [-0.3, -0.25) is 28.8 Å². The molecule has 14 nitrogen and oxygen atoms in total. The Morgan fingerprint density at radius 2 is 0.812 bits per heavy atom. The highest BCUT2D eigenvalue weighted by molar-refractivity contribution is 6.46. The van der Waals surface area contributed by atoms with E-state index in [0.29, 0.717) is 22.5 Å². The number of hydrogen-bond acceptors (Lipinski definition) is 10. The van der Waals surface area contributed by atoms with Crippen molar-refractivity contribution in [2.45, 2.75) is 50.5 Å². The SMILES string of the molecule is CC(=O)C(N=Nc1cccc(C(=O)Nc2ccccc2C(C)Cl)c1Cl)C(=O)Nc1ccc(NC(=O)C(N=Nc2cccc(C(=O)Nc3ccccc3C(C)Cl)c2Cl)C(C)=O)c(Cl)c1Cl. The number of Topliss-reactive ketones (excluding diaryl/α,β-unsaturated/α-hetero) is 2. The summed E-state index contributed by atoms with van der Waals surface area (Å²) >= 11 is 38.6. The monoisotopic (exact) mass is 982 g/mol. The molecule has 0 spiro atoms. The van der Waals surface area contributed by atoms with E-state index in [-0.39, 0.29) is 54.0 Å². The fourth-order valence-corrected chi connectivity index (χ4v) is 7.16. The molecule has 0 heterocycles.